The molecule has 0 aliphatic heterocycles. The third-order valence-corrected chi connectivity index (χ3v) is 5.85. The first-order valence-electron chi connectivity index (χ1n) is 10.2. The van der Waals surface area contributed by atoms with Gasteiger partial charge in [-0.25, -0.2) is 4.39 Å². The summed E-state index contributed by atoms with van der Waals surface area (Å²) in [6, 6.07) is 12.0. The van der Waals surface area contributed by atoms with Crippen LogP contribution in [0, 0.1) is 26.6 Å². The Hall–Kier alpha value is -3.46. The highest BCUT2D eigenvalue weighted by Gasteiger charge is 2.22. The molecule has 1 amide bonds. The maximum absolute atomic E-state index is 13.1. The van der Waals surface area contributed by atoms with Gasteiger partial charge in [-0.1, -0.05) is 23.4 Å². The van der Waals surface area contributed by atoms with Crippen molar-refractivity contribution in [2.75, 3.05) is 5.32 Å². The zero-order valence-electron chi connectivity index (χ0n) is 18.4. The average molecular weight is 513 g/mol. The van der Waals surface area contributed by atoms with Crippen LogP contribution >= 0.6 is 15.9 Å². The molecule has 33 heavy (non-hydrogen) atoms. The Kier molecular flexibility index (Phi) is 6.60. The van der Waals surface area contributed by atoms with Crippen LogP contribution in [-0.2, 0) is 13.2 Å². The van der Waals surface area contributed by atoms with E-state index in [0.717, 1.165) is 11.1 Å². The molecule has 7 nitrogen and oxygen atoms in total. The number of rotatable bonds is 7. The van der Waals surface area contributed by atoms with Gasteiger partial charge in [0, 0.05) is 6.20 Å². The van der Waals surface area contributed by atoms with Gasteiger partial charge in [0.05, 0.1) is 16.6 Å². The quantitative estimate of drug-likeness (QED) is 0.349. The van der Waals surface area contributed by atoms with E-state index in [4.69, 9.17) is 9.26 Å². The molecule has 0 fully saturated rings. The first-order valence-corrected chi connectivity index (χ1v) is 11.0. The SMILES string of the molecule is Cc1ccc(OCc2c(C(=O)Nc3nn(Cc4ccc(F)cc4)cc3Br)noc2C)cc1C. The molecule has 170 valence electrons. The van der Waals surface area contributed by atoms with Gasteiger partial charge >= 0.3 is 0 Å². The van der Waals surface area contributed by atoms with Crippen molar-refractivity contribution in [3.8, 4) is 5.75 Å². The van der Waals surface area contributed by atoms with Crippen molar-refractivity contribution >= 4 is 27.7 Å². The number of carbonyl (C=O) groups excluding carboxylic acids is 1. The number of aromatic nitrogens is 3. The summed E-state index contributed by atoms with van der Waals surface area (Å²) in [5.74, 6) is 0.785. The number of aryl methyl sites for hydroxylation is 3. The third kappa shape index (κ3) is 5.31. The molecule has 0 bridgehead atoms. The Labute approximate surface area is 198 Å². The molecule has 0 saturated heterocycles. The molecule has 0 aliphatic carbocycles. The van der Waals surface area contributed by atoms with Gasteiger partial charge in [0.15, 0.2) is 11.5 Å². The molecule has 0 atom stereocenters. The van der Waals surface area contributed by atoms with Crippen LogP contribution in [-0.4, -0.2) is 20.8 Å². The number of carbonyl (C=O) groups is 1. The summed E-state index contributed by atoms with van der Waals surface area (Å²) in [7, 11) is 0. The summed E-state index contributed by atoms with van der Waals surface area (Å²) in [6.45, 7) is 6.34. The monoisotopic (exact) mass is 512 g/mol. The van der Waals surface area contributed by atoms with Crippen molar-refractivity contribution in [2.24, 2.45) is 0 Å². The highest BCUT2D eigenvalue weighted by Crippen LogP contribution is 2.24. The number of hydrogen-bond donors (Lipinski definition) is 1. The van der Waals surface area contributed by atoms with Gasteiger partial charge in [-0.05, 0) is 77.7 Å². The summed E-state index contributed by atoms with van der Waals surface area (Å²) >= 11 is 3.41. The van der Waals surface area contributed by atoms with Gasteiger partial charge in [-0.2, -0.15) is 5.10 Å². The predicted molar refractivity (Wildman–Crippen MR) is 125 cm³/mol. The molecule has 0 radical (unpaired) electrons. The zero-order chi connectivity index (χ0) is 23.5. The molecule has 0 saturated carbocycles. The van der Waals surface area contributed by atoms with Crippen molar-refractivity contribution < 1.29 is 18.4 Å². The molecule has 2 aromatic carbocycles. The minimum Gasteiger partial charge on any atom is -0.489 e. The summed E-state index contributed by atoms with van der Waals surface area (Å²) in [5.41, 5.74) is 3.87. The van der Waals surface area contributed by atoms with Crippen molar-refractivity contribution in [1.29, 1.82) is 0 Å². The van der Waals surface area contributed by atoms with Gasteiger partial charge in [0.1, 0.15) is 23.9 Å². The summed E-state index contributed by atoms with van der Waals surface area (Å²) < 4.78 is 26.5. The predicted octanol–water partition coefficient (Wildman–Crippen LogP) is 5.58. The van der Waals surface area contributed by atoms with Crippen LogP contribution in [0.25, 0.3) is 0 Å². The van der Waals surface area contributed by atoms with Crippen LogP contribution in [0.5, 0.6) is 5.75 Å². The van der Waals surface area contributed by atoms with Crippen LogP contribution < -0.4 is 10.1 Å². The number of benzene rings is 2. The lowest BCUT2D eigenvalue weighted by atomic mass is 10.1. The first kappa shape index (κ1) is 22.7. The number of anilines is 1. The molecule has 2 heterocycles. The van der Waals surface area contributed by atoms with Crippen LogP contribution in [0.15, 0.2) is 57.7 Å². The fraction of sp³-hybridized carbons (Fsp3) is 0.208. The summed E-state index contributed by atoms with van der Waals surface area (Å²) in [6.07, 6.45) is 1.73. The minimum atomic E-state index is -0.460. The van der Waals surface area contributed by atoms with Crippen molar-refractivity contribution in [3.63, 3.8) is 0 Å². The van der Waals surface area contributed by atoms with E-state index in [9.17, 15) is 9.18 Å². The molecule has 4 rings (SSSR count). The molecule has 1 N–H and O–H groups in total. The Morgan fingerprint density at radius 3 is 2.64 bits per heavy atom. The van der Waals surface area contributed by atoms with E-state index in [1.807, 2.05) is 32.0 Å². The van der Waals surface area contributed by atoms with Gasteiger partial charge < -0.3 is 14.6 Å². The summed E-state index contributed by atoms with van der Waals surface area (Å²) in [4.78, 5) is 12.9. The van der Waals surface area contributed by atoms with Crippen molar-refractivity contribution in [3.05, 3.63) is 92.7 Å². The van der Waals surface area contributed by atoms with E-state index < -0.39 is 5.91 Å². The molecule has 0 unspecified atom stereocenters. The first-order chi connectivity index (χ1) is 15.8. The second kappa shape index (κ2) is 9.58. The number of nitrogens with one attached hydrogen (secondary N) is 1. The molecular weight excluding hydrogens is 491 g/mol. The Morgan fingerprint density at radius 1 is 1.15 bits per heavy atom. The maximum atomic E-state index is 13.1. The van der Waals surface area contributed by atoms with E-state index in [2.05, 4.69) is 31.5 Å². The molecule has 9 heteroatoms. The van der Waals surface area contributed by atoms with E-state index in [1.165, 1.54) is 17.7 Å². The molecule has 4 aromatic rings. The molecular formula is C24H22BrFN4O3. The Morgan fingerprint density at radius 2 is 1.91 bits per heavy atom. The van der Waals surface area contributed by atoms with Gasteiger partial charge in [0.25, 0.3) is 5.91 Å². The lowest BCUT2D eigenvalue weighted by molar-refractivity contribution is 0.101. The number of amides is 1. The number of hydrogen-bond acceptors (Lipinski definition) is 5. The lowest BCUT2D eigenvalue weighted by Crippen LogP contribution is -2.16. The third-order valence-electron chi connectivity index (χ3n) is 5.27. The normalized spacial score (nSPS) is 10.9. The number of halogens is 2. The molecule has 0 aliphatic rings. The van der Waals surface area contributed by atoms with Crippen LogP contribution in [0.1, 0.15) is 38.5 Å². The average Bonchev–Trinajstić information content (AvgIpc) is 3.32. The van der Waals surface area contributed by atoms with Gasteiger partial charge in [0.2, 0.25) is 0 Å². The minimum absolute atomic E-state index is 0.135. The van der Waals surface area contributed by atoms with E-state index in [1.54, 1.807) is 29.9 Å². The summed E-state index contributed by atoms with van der Waals surface area (Å²) in [5, 5.41) is 11.1. The van der Waals surface area contributed by atoms with Crippen LogP contribution in [0.4, 0.5) is 10.2 Å². The Bertz CT molecular complexity index is 1300. The highest BCUT2D eigenvalue weighted by atomic mass is 79.9. The smallest absolute Gasteiger partial charge is 0.279 e. The zero-order valence-corrected chi connectivity index (χ0v) is 19.9. The molecule has 0 spiro atoms. The van der Waals surface area contributed by atoms with Crippen LogP contribution in [0.2, 0.25) is 0 Å². The highest BCUT2D eigenvalue weighted by molar-refractivity contribution is 9.10. The fourth-order valence-electron chi connectivity index (χ4n) is 3.21. The van der Waals surface area contributed by atoms with Crippen LogP contribution in [0.3, 0.4) is 0 Å². The molecule has 2 aromatic heterocycles. The van der Waals surface area contributed by atoms with Gasteiger partial charge in [-0.15, -0.1) is 0 Å². The number of nitrogens with zero attached hydrogens (tertiary/aromatic N) is 3. The second-order valence-electron chi connectivity index (χ2n) is 7.70. The van der Waals surface area contributed by atoms with Crippen molar-refractivity contribution in [2.45, 2.75) is 33.9 Å². The Balaban J connectivity index is 1.46. The lowest BCUT2D eigenvalue weighted by Gasteiger charge is -2.09. The number of ether oxygens (including phenoxy) is 1. The van der Waals surface area contributed by atoms with E-state index >= 15 is 0 Å². The second-order valence-corrected chi connectivity index (χ2v) is 8.56. The van der Waals surface area contributed by atoms with E-state index in [-0.39, 0.29) is 18.1 Å². The maximum Gasteiger partial charge on any atom is 0.279 e. The largest absolute Gasteiger partial charge is 0.489 e. The van der Waals surface area contributed by atoms with E-state index in [0.29, 0.717) is 33.9 Å². The van der Waals surface area contributed by atoms with Crippen molar-refractivity contribution in [1.82, 2.24) is 14.9 Å². The standard InChI is InChI=1S/C24H22BrFN4O3/c1-14-4-9-19(10-15(14)2)32-13-20-16(3)33-29-22(20)24(31)27-23-21(25)12-30(28-23)11-17-5-7-18(26)8-6-17/h4-10,12H,11,13H2,1-3H3,(H,27,28,31). The fourth-order valence-corrected chi connectivity index (χ4v) is 3.62. The van der Waals surface area contributed by atoms with Gasteiger partial charge in [-0.3, -0.25) is 9.48 Å². The topological polar surface area (TPSA) is 82.2 Å².